The number of aliphatic hydroxyl groups excluding tert-OH is 1. The molecule has 0 bridgehead atoms. The Kier molecular flexibility index (Phi) is 5.24. The molecule has 4 nitrogen and oxygen atoms in total. The third-order valence-electron chi connectivity index (χ3n) is 4.07. The molecule has 1 aliphatic carbocycles. The summed E-state index contributed by atoms with van der Waals surface area (Å²) < 4.78 is 0. The van der Waals surface area contributed by atoms with Crippen molar-refractivity contribution in [1.82, 2.24) is 0 Å². The van der Waals surface area contributed by atoms with Crippen LogP contribution in [0.25, 0.3) is 0 Å². The zero-order chi connectivity index (χ0) is 17.0. The second-order valence-electron chi connectivity index (χ2n) is 7.02. The van der Waals surface area contributed by atoms with Crippen molar-refractivity contribution >= 4 is 22.9 Å². The highest BCUT2D eigenvalue weighted by Gasteiger charge is 2.36. The standard InChI is InChI=1S/C19H26N2O2/c1-4-5-6-16(22)18-15(11-19(2,3)12-17(18)23)21-14-9-7-13(20)8-10-14/h7-10,22H,4-6,11-12,20H2,1-3H3. The topological polar surface area (TPSA) is 75.7 Å². The van der Waals surface area contributed by atoms with E-state index in [2.05, 4.69) is 25.8 Å². The minimum absolute atomic E-state index is 0.0101. The monoisotopic (exact) mass is 314 g/mol. The average Bonchev–Trinajstić information content (AvgIpc) is 2.45. The molecule has 0 radical (unpaired) electrons. The lowest BCUT2D eigenvalue weighted by atomic mass is 9.73. The fraction of sp³-hybridized carbons (Fsp3) is 0.474. The number of carbonyl (C=O) groups is 1. The quantitative estimate of drug-likeness (QED) is 0.479. The van der Waals surface area contributed by atoms with Gasteiger partial charge in [-0.3, -0.25) is 9.79 Å². The first-order valence-electron chi connectivity index (χ1n) is 8.21. The summed E-state index contributed by atoms with van der Waals surface area (Å²) in [5, 5.41) is 10.4. The smallest absolute Gasteiger partial charge is 0.168 e. The van der Waals surface area contributed by atoms with Gasteiger partial charge in [-0.2, -0.15) is 0 Å². The summed E-state index contributed by atoms with van der Waals surface area (Å²) in [5.74, 6) is 0.172. The second kappa shape index (κ2) is 6.99. The van der Waals surface area contributed by atoms with Gasteiger partial charge >= 0.3 is 0 Å². The summed E-state index contributed by atoms with van der Waals surface area (Å²) in [5.41, 5.74) is 8.10. The number of ketones is 1. The number of anilines is 1. The van der Waals surface area contributed by atoms with Gasteiger partial charge in [-0.25, -0.2) is 0 Å². The molecule has 0 spiro atoms. The summed E-state index contributed by atoms with van der Waals surface area (Å²) in [6, 6.07) is 7.23. The Morgan fingerprint density at radius 3 is 2.52 bits per heavy atom. The van der Waals surface area contributed by atoms with E-state index in [-0.39, 0.29) is 17.0 Å². The number of hydrogen-bond donors (Lipinski definition) is 2. The predicted octanol–water partition coefficient (Wildman–Crippen LogP) is 4.73. The first-order valence-corrected chi connectivity index (χ1v) is 8.21. The molecule has 4 heteroatoms. The van der Waals surface area contributed by atoms with Gasteiger partial charge in [0.25, 0.3) is 0 Å². The Balaban J connectivity index is 2.44. The van der Waals surface area contributed by atoms with Crippen LogP contribution in [0, 0.1) is 5.41 Å². The van der Waals surface area contributed by atoms with Gasteiger partial charge in [0, 0.05) is 18.5 Å². The molecular weight excluding hydrogens is 288 g/mol. The number of Topliss-reactive ketones (excluding diaryl/α,β-unsaturated/α-hetero) is 1. The molecular formula is C19H26N2O2. The largest absolute Gasteiger partial charge is 0.511 e. The van der Waals surface area contributed by atoms with Crippen LogP contribution in [0.2, 0.25) is 0 Å². The molecule has 0 unspecified atom stereocenters. The highest BCUT2D eigenvalue weighted by Crippen LogP contribution is 2.36. The van der Waals surface area contributed by atoms with Crippen molar-refractivity contribution in [2.45, 2.75) is 52.9 Å². The molecule has 0 saturated heterocycles. The molecule has 0 amide bonds. The van der Waals surface area contributed by atoms with Gasteiger partial charge in [-0.05, 0) is 42.5 Å². The summed E-state index contributed by atoms with van der Waals surface area (Å²) in [6.45, 7) is 6.18. The van der Waals surface area contributed by atoms with Crippen LogP contribution >= 0.6 is 0 Å². The third-order valence-corrected chi connectivity index (χ3v) is 4.07. The molecule has 1 aromatic rings. The van der Waals surface area contributed by atoms with E-state index >= 15 is 0 Å². The van der Waals surface area contributed by atoms with Crippen LogP contribution in [0.5, 0.6) is 0 Å². The fourth-order valence-electron chi connectivity index (χ4n) is 2.88. The highest BCUT2D eigenvalue weighted by molar-refractivity contribution is 6.25. The van der Waals surface area contributed by atoms with Crippen molar-refractivity contribution in [3.8, 4) is 0 Å². The number of rotatable bonds is 4. The molecule has 0 aromatic heterocycles. The summed E-state index contributed by atoms with van der Waals surface area (Å²) in [6.07, 6.45) is 3.48. The van der Waals surface area contributed by atoms with Crippen LogP contribution in [0.3, 0.4) is 0 Å². The predicted molar refractivity (Wildman–Crippen MR) is 95.2 cm³/mol. The molecule has 1 fully saturated rings. The number of aliphatic imine (C=N–C) groups is 1. The van der Waals surface area contributed by atoms with Crippen LogP contribution in [0.4, 0.5) is 11.4 Å². The van der Waals surface area contributed by atoms with Crippen molar-refractivity contribution in [2.24, 2.45) is 10.4 Å². The fourth-order valence-corrected chi connectivity index (χ4v) is 2.88. The molecule has 1 aromatic carbocycles. The molecule has 3 N–H and O–H groups in total. The number of nitrogens with zero attached hydrogens (tertiary/aromatic N) is 1. The number of benzene rings is 1. The SMILES string of the molecule is CCCCC(O)=C1C(=O)CC(C)(C)CC1=Nc1ccc(N)cc1. The van der Waals surface area contributed by atoms with E-state index in [1.165, 1.54) is 0 Å². The molecule has 0 heterocycles. The lowest BCUT2D eigenvalue weighted by molar-refractivity contribution is -0.117. The van der Waals surface area contributed by atoms with Gasteiger partial charge in [0.15, 0.2) is 5.78 Å². The summed E-state index contributed by atoms with van der Waals surface area (Å²) >= 11 is 0. The van der Waals surface area contributed by atoms with Crippen molar-refractivity contribution in [3.63, 3.8) is 0 Å². The van der Waals surface area contributed by atoms with Crippen LogP contribution in [0.1, 0.15) is 52.9 Å². The maximum absolute atomic E-state index is 12.6. The van der Waals surface area contributed by atoms with Crippen molar-refractivity contribution in [2.75, 3.05) is 5.73 Å². The summed E-state index contributed by atoms with van der Waals surface area (Å²) in [4.78, 5) is 17.2. The van der Waals surface area contributed by atoms with Crippen LogP contribution < -0.4 is 5.73 Å². The molecule has 124 valence electrons. The highest BCUT2D eigenvalue weighted by atomic mass is 16.3. The number of hydrogen-bond acceptors (Lipinski definition) is 4. The van der Waals surface area contributed by atoms with E-state index in [0.29, 0.717) is 36.2 Å². The van der Waals surface area contributed by atoms with Crippen LogP contribution in [-0.4, -0.2) is 16.6 Å². The molecule has 23 heavy (non-hydrogen) atoms. The average molecular weight is 314 g/mol. The number of nitrogens with two attached hydrogens (primary N) is 1. The van der Waals surface area contributed by atoms with E-state index in [4.69, 9.17) is 5.73 Å². The van der Waals surface area contributed by atoms with Crippen LogP contribution in [-0.2, 0) is 4.79 Å². The number of aliphatic hydroxyl groups is 1. The number of carbonyl (C=O) groups excluding carboxylic acids is 1. The van der Waals surface area contributed by atoms with Gasteiger partial charge in [0.05, 0.1) is 17.0 Å². The van der Waals surface area contributed by atoms with Crippen molar-refractivity contribution in [1.29, 1.82) is 0 Å². The maximum atomic E-state index is 12.6. The maximum Gasteiger partial charge on any atom is 0.168 e. The molecule has 1 saturated carbocycles. The Morgan fingerprint density at radius 2 is 1.91 bits per heavy atom. The third kappa shape index (κ3) is 4.44. The van der Waals surface area contributed by atoms with E-state index in [1.807, 2.05) is 12.1 Å². The van der Waals surface area contributed by atoms with E-state index in [9.17, 15) is 9.90 Å². The molecule has 0 atom stereocenters. The Morgan fingerprint density at radius 1 is 1.26 bits per heavy atom. The molecule has 1 aliphatic rings. The van der Waals surface area contributed by atoms with E-state index in [1.54, 1.807) is 12.1 Å². The normalized spacial score (nSPS) is 21.5. The Hall–Kier alpha value is -2.10. The number of allylic oxidation sites excluding steroid dienone is 2. The Bertz CT molecular complexity index is 640. The molecule has 2 rings (SSSR count). The number of nitrogen functional groups attached to an aromatic ring is 1. The lowest BCUT2D eigenvalue weighted by Crippen LogP contribution is -2.32. The van der Waals surface area contributed by atoms with Gasteiger partial charge < -0.3 is 10.8 Å². The van der Waals surface area contributed by atoms with Gasteiger partial charge in [0.1, 0.15) is 5.76 Å². The van der Waals surface area contributed by atoms with Crippen molar-refractivity contribution in [3.05, 3.63) is 35.6 Å². The summed E-state index contributed by atoms with van der Waals surface area (Å²) in [7, 11) is 0. The minimum Gasteiger partial charge on any atom is -0.511 e. The minimum atomic E-state index is -0.141. The molecule has 0 aliphatic heterocycles. The van der Waals surface area contributed by atoms with Gasteiger partial charge in [-0.1, -0.05) is 27.2 Å². The van der Waals surface area contributed by atoms with E-state index < -0.39 is 0 Å². The zero-order valence-electron chi connectivity index (χ0n) is 14.2. The number of unbranched alkanes of at least 4 members (excludes halogenated alkanes) is 1. The first kappa shape index (κ1) is 17.3. The van der Waals surface area contributed by atoms with Gasteiger partial charge in [-0.15, -0.1) is 0 Å². The van der Waals surface area contributed by atoms with Crippen molar-refractivity contribution < 1.29 is 9.90 Å². The van der Waals surface area contributed by atoms with Gasteiger partial charge in [0.2, 0.25) is 0 Å². The van der Waals surface area contributed by atoms with Crippen LogP contribution in [0.15, 0.2) is 40.6 Å². The Labute approximate surface area is 138 Å². The van der Waals surface area contributed by atoms with E-state index in [0.717, 1.165) is 18.5 Å². The lowest BCUT2D eigenvalue weighted by Gasteiger charge is -2.31. The zero-order valence-corrected chi connectivity index (χ0v) is 14.2. The first-order chi connectivity index (χ1) is 10.8. The second-order valence-corrected chi connectivity index (χ2v) is 7.02.